The number of nitrogens with zero attached hydrogens (tertiary/aromatic N) is 1. The first kappa shape index (κ1) is 11.0. The van der Waals surface area contributed by atoms with Gasteiger partial charge in [0.1, 0.15) is 0 Å². The molecule has 0 spiro atoms. The molecule has 0 aliphatic heterocycles. The van der Waals surface area contributed by atoms with Crippen LogP contribution in [0.15, 0.2) is 23.4 Å². The quantitative estimate of drug-likeness (QED) is 0.706. The topological polar surface area (TPSA) is 68.0 Å². The van der Waals surface area contributed by atoms with Gasteiger partial charge in [-0.25, -0.2) is 0 Å². The van der Waals surface area contributed by atoms with Gasteiger partial charge in [-0.1, -0.05) is 0 Å². The molecule has 0 radical (unpaired) electrons. The average molecular weight is 211 g/mol. The SMILES string of the molecule is CSc1cncc(CNC(=O)CN)c1. The number of carbonyl (C=O) groups excluding carboxylic acids is 1. The Hall–Kier alpha value is -1.07. The van der Waals surface area contributed by atoms with Crippen LogP contribution in [0.25, 0.3) is 0 Å². The number of hydrogen-bond acceptors (Lipinski definition) is 4. The molecule has 1 aromatic rings. The first-order chi connectivity index (χ1) is 6.76. The fourth-order valence-electron chi connectivity index (χ4n) is 0.945. The van der Waals surface area contributed by atoms with E-state index in [0.29, 0.717) is 6.54 Å². The van der Waals surface area contributed by atoms with Gasteiger partial charge >= 0.3 is 0 Å². The Morgan fingerprint density at radius 2 is 2.43 bits per heavy atom. The first-order valence-electron chi connectivity index (χ1n) is 4.21. The summed E-state index contributed by atoms with van der Waals surface area (Å²) in [6, 6.07) is 1.99. The van der Waals surface area contributed by atoms with Crippen LogP contribution < -0.4 is 11.1 Å². The average Bonchev–Trinajstić information content (AvgIpc) is 2.26. The largest absolute Gasteiger partial charge is 0.351 e. The number of nitrogens with one attached hydrogen (secondary N) is 1. The molecule has 0 aliphatic carbocycles. The second-order valence-electron chi connectivity index (χ2n) is 2.71. The first-order valence-corrected chi connectivity index (χ1v) is 5.43. The van der Waals surface area contributed by atoms with Gasteiger partial charge in [0, 0.05) is 23.8 Å². The van der Waals surface area contributed by atoms with Gasteiger partial charge in [0.25, 0.3) is 0 Å². The molecule has 1 heterocycles. The molecule has 0 aromatic carbocycles. The maximum absolute atomic E-state index is 10.9. The third-order valence-electron chi connectivity index (χ3n) is 1.68. The number of thioether (sulfide) groups is 1. The molecule has 0 unspecified atom stereocenters. The predicted octanol–water partition coefficient (Wildman–Crippen LogP) is 0.378. The van der Waals surface area contributed by atoms with E-state index in [-0.39, 0.29) is 12.5 Å². The van der Waals surface area contributed by atoms with Crippen molar-refractivity contribution in [1.29, 1.82) is 0 Å². The number of amides is 1. The Morgan fingerprint density at radius 3 is 3.07 bits per heavy atom. The number of hydrogen-bond donors (Lipinski definition) is 2. The summed E-state index contributed by atoms with van der Waals surface area (Å²) in [5, 5.41) is 2.69. The van der Waals surface area contributed by atoms with Gasteiger partial charge in [0.15, 0.2) is 0 Å². The highest BCUT2D eigenvalue weighted by atomic mass is 32.2. The zero-order valence-electron chi connectivity index (χ0n) is 7.99. The monoisotopic (exact) mass is 211 g/mol. The van der Waals surface area contributed by atoms with Crippen LogP contribution in [0, 0.1) is 0 Å². The summed E-state index contributed by atoms with van der Waals surface area (Å²) in [7, 11) is 0. The number of nitrogens with two attached hydrogens (primary N) is 1. The van der Waals surface area contributed by atoms with Gasteiger partial charge in [0.05, 0.1) is 6.54 Å². The highest BCUT2D eigenvalue weighted by molar-refractivity contribution is 7.98. The van der Waals surface area contributed by atoms with Crippen LogP contribution in [0.4, 0.5) is 0 Å². The van der Waals surface area contributed by atoms with Gasteiger partial charge in [-0.3, -0.25) is 9.78 Å². The minimum absolute atomic E-state index is 0.0235. The second kappa shape index (κ2) is 5.62. The molecule has 0 saturated heterocycles. The van der Waals surface area contributed by atoms with E-state index in [4.69, 9.17) is 5.73 Å². The Morgan fingerprint density at radius 1 is 1.64 bits per heavy atom. The maximum atomic E-state index is 10.9. The van der Waals surface area contributed by atoms with E-state index >= 15 is 0 Å². The Balaban J connectivity index is 2.54. The van der Waals surface area contributed by atoms with Crippen molar-refractivity contribution >= 4 is 17.7 Å². The summed E-state index contributed by atoms with van der Waals surface area (Å²) in [6.07, 6.45) is 5.51. The molecule has 0 saturated carbocycles. The molecule has 0 fully saturated rings. The summed E-state index contributed by atoms with van der Waals surface area (Å²) in [5.41, 5.74) is 6.15. The van der Waals surface area contributed by atoms with Gasteiger partial charge in [0.2, 0.25) is 5.91 Å². The molecule has 1 aromatic heterocycles. The van der Waals surface area contributed by atoms with Crippen LogP contribution in [0.2, 0.25) is 0 Å². The van der Waals surface area contributed by atoms with E-state index in [2.05, 4.69) is 10.3 Å². The van der Waals surface area contributed by atoms with Gasteiger partial charge in [-0.2, -0.15) is 0 Å². The van der Waals surface area contributed by atoms with Crippen LogP contribution in [0.3, 0.4) is 0 Å². The highest BCUT2D eigenvalue weighted by Crippen LogP contribution is 2.13. The molecule has 5 heteroatoms. The standard InChI is InChI=1S/C9H13N3OS/c1-14-8-2-7(4-11-6-8)5-12-9(13)3-10/h2,4,6H,3,5,10H2,1H3,(H,12,13). The fraction of sp³-hybridized carbons (Fsp3) is 0.333. The highest BCUT2D eigenvalue weighted by Gasteiger charge is 1.99. The van der Waals surface area contributed by atoms with E-state index in [1.54, 1.807) is 24.2 Å². The number of carbonyl (C=O) groups is 1. The molecule has 0 aliphatic rings. The smallest absolute Gasteiger partial charge is 0.234 e. The lowest BCUT2D eigenvalue weighted by Gasteiger charge is -2.04. The molecule has 0 atom stereocenters. The third-order valence-corrected chi connectivity index (χ3v) is 2.38. The summed E-state index contributed by atoms with van der Waals surface area (Å²) < 4.78 is 0. The predicted molar refractivity (Wildman–Crippen MR) is 56.9 cm³/mol. The number of pyridine rings is 1. The van der Waals surface area contributed by atoms with Crippen LogP contribution >= 0.6 is 11.8 Å². The molecule has 0 bridgehead atoms. The van der Waals surface area contributed by atoms with E-state index in [9.17, 15) is 4.79 Å². The van der Waals surface area contributed by atoms with Crippen molar-refractivity contribution in [2.45, 2.75) is 11.4 Å². The zero-order valence-corrected chi connectivity index (χ0v) is 8.80. The van der Waals surface area contributed by atoms with Crippen molar-refractivity contribution in [2.24, 2.45) is 5.73 Å². The summed E-state index contributed by atoms with van der Waals surface area (Å²) in [4.78, 5) is 16.0. The molecule has 14 heavy (non-hydrogen) atoms. The van der Waals surface area contributed by atoms with E-state index in [1.165, 1.54) is 0 Å². The van der Waals surface area contributed by atoms with Crippen LogP contribution in [-0.4, -0.2) is 23.7 Å². The second-order valence-corrected chi connectivity index (χ2v) is 3.59. The number of aromatic nitrogens is 1. The fourth-order valence-corrected chi connectivity index (χ4v) is 1.38. The van der Waals surface area contributed by atoms with Gasteiger partial charge in [-0.05, 0) is 17.9 Å². The van der Waals surface area contributed by atoms with E-state index in [1.807, 2.05) is 12.3 Å². The summed E-state index contributed by atoms with van der Waals surface area (Å²) in [6.45, 7) is 0.507. The van der Waals surface area contributed by atoms with Gasteiger partial charge < -0.3 is 11.1 Å². The molecule has 3 N–H and O–H groups in total. The molecular weight excluding hydrogens is 198 g/mol. The van der Waals surface area contributed by atoms with Crippen molar-refractivity contribution in [3.8, 4) is 0 Å². The normalized spacial score (nSPS) is 9.86. The van der Waals surface area contributed by atoms with Crippen LogP contribution in [-0.2, 0) is 11.3 Å². The third kappa shape index (κ3) is 3.35. The van der Waals surface area contributed by atoms with E-state index in [0.717, 1.165) is 10.5 Å². The molecule has 76 valence electrons. The van der Waals surface area contributed by atoms with Crippen LogP contribution in [0.5, 0.6) is 0 Å². The Kier molecular flexibility index (Phi) is 4.42. The molecule has 1 rings (SSSR count). The van der Waals surface area contributed by atoms with Crippen LogP contribution in [0.1, 0.15) is 5.56 Å². The van der Waals surface area contributed by atoms with Crippen molar-refractivity contribution < 1.29 is 4.79 Å². The lowest BCUT2D eigenvalue weighted by atomic mass is 10.3. The lowest BCUT2D eigenvalue weighted by Crippen LogP contribution is -2.29. The minimum Gasteiger partial charge on any atom is -0.351 e. The number of rotatable bonds is 4. The van der Waals surface area contributed by atoms with E-state index < -0.39 is 0 Å². The molecule has 1 amide bonds. The van der Waals surface area contributed by atoms with Crippen molar-refractivity contribution in [2.75, 3.05) is 12.8 Å². The van der Waals surface area contributed by atoms with Crippen molar-refractivity contribution in [3.05, 3.63) is 24.0 Å². The zero-order chi connectivity index (χ0) is 10.4. The minimum atomic E-state index is -0.153. The van der Waals surface area contributed by atoms with Crippen molar-refractivity contribution in [3.63, 3.8) is 0 Å². The summed E-state index contributed by atoms with van der Waals surface area (Å²) >= 11 is 1.62. The Labute approximate surface area is 87.3 Å². The maximum Gasteiger partial charge on any atom is 0.234 e. The summed E-state index contributed by atoms with van der Waals surface area (Å²) in [5.74, 6) is -0.153. The Bertz CT molecular complexity index is 317. The van der Waals surface area contributed by atoms with Crippen molar-refractivity contribution in [1.82, 2.24) is 10.3 Å². The lowest BCUT2D eigenvalue weighted by molar-refractivity contribution is -0.119. The molecular formula is C9H13N3OS. The van der Waals surface area contributed by atoms with Gasteiger partial charge in [-0.15, -0.1) is 11.8 Å². The molecule has 4 nitrogen and oxygen atoms in total.